The van der Waals surface area contributed by atoms with Gasteiger partial charge >= 0.3 is 0 Å². The van der Waals surface area contributed by atoms with Crippen LogP contribution in [0.15, 0.2) is 34.9 Å². The minimum Gasteiger partial charge on any atom is -0.381 e. The highest BCUT2D eigenvalue weighted by molar-refractivity contribution is 6.32. The minimum atomic E-state index is -0.249. The monoisotopic (exact) mass is 347 g/mol. The van der Waals surface area contributed by atoms with Gasteiger partial charge in [-0.1, -0.05) is 35.0 Å². The van der Waals surface area contributed by atoms with Crippen molar-refractivity contribution >= 4 is 23.6 Å². The van der Waals surface area contributed by atoms with E-state index in [4.69, 9.17) is 20.9 Å². The predicted octanol–water partition coefficient (Wildman–Crippen LogP) is 2.95. The Bertz CT molecular complexity index is 723. The van der Waals surface area contributed by atoms with Crippen molar-refractivity contribution < 1.29 is 14.1 Å². The summed E-state index contributed by atoms with van der Waals surface area (Å²) in [5.41, 5.74) is 0.786. The predicted molar refractivity (Wildman–Crippen MR) is 89.4 cm³/mol. The Balaban J connectivity index is 1.51. The van der Waals surface area contributed by atoms with Gasteiger partial charge in [0.25, 0.3) is 0 Å². The molecule has 1 aromatic heterocycles. The molecule has 3 rings (SSSR count). The van der Waals surface area contributed by atoms with Crippen LogP contribution in [0.3, 0.4) is 0 Å². The Morgan fingerprint density at radius 2 is 2.12 bits per heavy atom. The molecule has 2 heterocycles. The molecule has 1 aromatic carbocycles. The van der Waals surface area contributed by atoms with Crippen molar-refractivity contribution in [2.24, 2.45) is 0 Å². The summed E-state index contributed by atoms with van der Waals surface area (Å²) in [6.07, 6.45) is 4.88. The van der Waals surface area contributed by atoms with E-state index in [1.54, 1.807) is 12.1 Å². The molecule has 6 nitrogen and oxygen atoms in total. The molecule has 0 atom stereocenters. The Kier molecular flexibility index (Phi) is 5.61. The van der Waals surface area contributed by atoms with Gasteiger partial charge in [-0.25, -0.2) is 0 Å². The summed E-state index contributed by atoms with van der Waals surface area (Å²) in [7, 11) is 0. The summed E-state index contributed by atoms with van der Waals surface area (Å²) in [4.78, 5) is 16.2. The molecule has 7 heteroatoms. The second kappa shape index (κ2) is 8.08. The molecule has 0 unspecified atom stereocenters. The summed E-state index contributed by atoms with van der Waals surface area (Å²) in [5.74, 6) is 1.11. The second-order valence-corrected chi connectivity index (χ2v) is 5.91. The van der Waals surface area contributed by atoms with E-state index >= 15 is 0 Å². The molecular formula is C17H18ClN3O3. The lowest BCUT2D eigenvalue weighted by atomic mass is 10.00. The fourth-order valence-electron chi connectivity index (χ4n) is 2.46. The quantitative estimate of drug-likeness (QED) is 0.841. The molecule has 1 aliphatic heterocycles. The number of nitrogens with zero attached hydrogens (tertiary/aromatic N) is 2. The van der Waals surface area contributed by atoms with Crippen LogP contribution in [0.5, 0.6) is 0 Å². The number of halogens is 1. The molecule has 0 radical (unpaired) electrons. The average molecular weight is 348 g/mol. The van der Waals surface area contributed by atoms with Crippen molar-refractivity contribution in [2.75, 3.05) is 13.2 Å². The number of benzene rings is 1. The van der Waals surface area contributed by atoms with E-state index in [0.29, 0.717) is 16.7 Å². The number of carbonyl (C=O) groups excluding carboxylic acids is 1. The number of hydrogen-bond acceptors (Lipinski definition) is 5. The van der Waals surface area contributed by atoms with Crippen molar-refractivity contribution in [2.45, 2.75) is 25.3 Å². The highest BCUT2D eigenvalue weighted by Crippen LogP contribution is 2.24. The zero-order valence-corrected chi connectivity index (χ0v) is 13.8. The third-order valence-corrected chi connectivity index (χ3v) is 4.15. The number of hydrogen-bond donors (Lipinski definition) is 1. The Labute approximate surface area is 144 Å². The minimum absolute atomic E-state index is 0.196. The standard InChI is InChI=1S/C17H18ClN3O3/c18-14-4-2-1-3-12(14)5-6-15(22)19-11-16-20-17(21-24-16)13-7-9-23-10-8-13/h1-6,13H,7-11H2,(H,19,22). The fraction of sp³-hybridized carbons (Fsp3) is 0.353. The summed E-state index contributed by atoms with van der Waals surface area (Å²) < 4.78 is 10.5. The van der Waals surface area contributed by atoms with Crippen molar-refractivity contribution in [3.8, 4) is 0 Å². The topological polar surface area (TPSA) is 77.2 Å². The van der Waals surface area contributed by atoms with Crippen molar-refractivity contribution in [1.29, 1.82) is 0 Å². The molecule has 0 bridgehead atoms. The van der Waals surface area contributed by atoms with Gasteiger partial charge in [-0.2, -0.15) is 4.98 Å². The molecule has 2 aromatic rings. The number of carbonyl (C=O) groups is 1. The summed E-state index contributed by atoms with van der Waals surface area (Å²) >= 11 is 6.03. The van der Waals surface area contributed by atoms with Crippen LogP contribution in [0.4, 0.5) is 0 Å². The fourth-order valence-corrected chi connectivity index (χ4v) is 2.66. The van der Waals surface area contributed by atoms with E-state index in [1.165, 1.54) is 6.08 Å². The molecule has 1 fully saturated rings. The van der Waals surface area contributed by atoms with Gasteiger partial charge in [0, 0.05) is 30.2 Å². The second-order valence-electron chi connectivity index (χ2n) is 5.51. The van der Waals surface area contributed by atoms with Gasteiger partial charge in [-0.3, -0.25) is 4.79 Å². The molecular weight excluding hydrogens is 330 g/mol. The lowest BCUT2D eigenvalue weighted by Gasteiger charge is -2.18. The van der Waals surface area contributed by atoms with Crippen LogP contribution < -0.4 is 5.32 Å². The van der Waals surface area contributed by atoms with Gasteiger partial charge in [0.15, 0.2) is 5.82 Å². The number of aromatic nitrogens is 2. The van der Waals surface area contributed by atoms with E-state index in [-0.39, 0.29) is 18.4 Å². The molecule has 1 N–H and O–H groups in total. The average Bonchev–Trinajstić information content (AvgIpc) is 3.09. The molecule has 0 spiro atoms. The molecule has 24 heavy (non-hydrogen) atoms. The smallest absolute Gasteiger partial charge is 0.246 e. The largest absolute Gasteiger partial charge is 0.381 e. The third-order valence-electron chi connectivity index (χ3n) is 3.80. The van der Waals surface area contributed by atoms with Crippen molar-refractivity contribution in [1.82, 2.24) is 15.5 Å². The van der Waals surface area contributed by atoms with Crippen LogP contribution in [0.2, 0.25) is 5.02 Å². The first kappa shape index (κ1) is 16.7. The zero-order valence-electron chi connectivity index (χ0n) is 13.1. The van der Waals surface area contributed by atoms with Crippen LogP contribution in [0, 0.1) is 0 Å². The number of rotatable bonds is 5. The Morgan fingerprint density at radius 1 is 1.33 bits per heavy atom. The third kappa shape index (κ3) is 4.43. The van der Waals surface area contributed by atoms with Crippen molar-refractivity contribution in [3.63, 3.8) is 0 Å². The van der Waals surface area contributed by atoms with E-state index in [1.807, 2.05) is 18.2 Å². The highest BCUT2D eigenvalue weighted by Gasteiger charge is 2.21. The van der Waals surface area contributed by atoms with Gasteiger partial charge in [0.05, 0.1) is 6.54 Å². The maximum absolute atomic E-state index is 11.9. The molecule has 0 saturated carbocycles. The normalized spacial score (nSPS) is 15.7. The number of nitrogens with one attached hydrogen (secondary N) is 1. The van der Waals surface area contributed by atoms with Crippen LogP contribution >= 0.6 is 11.6 Å². The lowest BCUT2D eigenvalue weighted by Crippen LogP contribution is -2.20. The maximum Gasteiger partial charge on any atom is 0.246 e. The van der Waals surface area contributed by atoms with E-state index in [9.17, 15) is 4.79 Å². The number of amides is 1. The lowest BCUT2D eigenvalue weighted by molar-refractivity contribution is -0.116. The van der Waals surface area contributed by atoms with Crippen molar-refractivity contribution in [3.05, 3.63) is 52.6 Å². The maximum atomic E-state index is 11.9. The molecule has 1 aliphatic rings. The van der Waals surface area contributed by atoms with Gasteiger partial charge in [0.1, 0.15) is 0 Å². The first-order chi connectivity index (χ1) is 11.7. The van der Waals surface area contributed by atoms with E-state index < -0.39 is 0 Å². The van der Waals surface area contributed by atoms with Crippen LogP contribution in [-0.4, -0.2) is 29.3 Å². The Hall–Kier alpha value is -2.18. The number of ether oxygens (including phenoxy) is 1. The SMILES string of the molecule is O=C(C=Cc1ccccc1Cl)NCc1nc(C2CCOCC2)no1. The van der Waals surface area contributed by atoms with Gasteiger partial charge < -0.3 is 14.6 Å². The highest BCUT2D eigenvalue weighted by atomic mass is 35.5. The first-order valence-corrected chi connectivity index (χ1v) is 8.21. The van der Waals surface area contributed by atoms with Crippen LogP contribution in [0.25, 0.3) is 6.08 Å². The van der Waals surface area contributed by atoms with Crippen LogP contribution in [0.1, 0.15) is 36.0 Å². The first-order valence-electron chi connectivity index (χ1n) is 7.83. The molecule has 0 aliphatic carbocycles. The van der Waals surface area contributed by atoms with Gasteiger partial charge in [-0.15, -0.1) is 0 Å². The summed E-state index contributed by atoms with van der Waals surface area (Å²) in [6.45, 7) is 1.64. The molecule has 126 valence electrons. The zero-order chi connectivity index (χ0) is 16.8. The van der Waals surface area contributed by atoms with Gasteiger partial charge in [-0.05, 0) is 30.5 Å². The van der Waals surface area contributed by atoms with E-state index in [2.05, 4.69) is 15.5 Å². The van der Waals surface area contributed by atoms with Crippen LogP contribution in [-0.2, 0) is 16.1 Å². The molecule has 1 amide bonds. The van der Waals surface area contributed by atoms with E-state index in [0.717, 1.165) is 31.6 Å². The van der Waals surface area contributed by atoms with Gasteiger partial charge in [0.2, 0.25) is 11.8 Å². The summed E-state index contributed by atoms with van der Waals surface area (Å²) in [5, 5.41) is 7.31. The molecule has 1 saturated heterocycles. The summed E-state index contributed by atoms with van der Waals surface area (Å²) in [6, 6.07) is 7.31. The Morgan fingerprint density at radius 3 is 2.92 bits per heavy atom.